The van der Waals surface area contributed by atoms with Gasteiger partial charge in [-0.15, -0.1) is 0 Å². The number of carbonyl (C=O) groups is 4. The Morgan fingerprint density at radius 2 is 1.79 bits per heavy atom. The summed E-state index contributed by atoms with van der Waals surface area (Å²) >= 11 is 0. The molecule has 0 spiro atoms. The number of nitrogens with zero attached hydrogens (tertiary/aromatic N) is 1. The Morgan fingerprint density at radius 3 is 2.34 bits per heavy atom. The van der Waals surface area contributed by atoms with Gasteiger partial charge in [0.15, 0.2) is 11.4 Å². The molecule has 4 aliphatic rings. The molecule has 1 aromatic carbocycles. The molecule has 11 heteroatoms. The van der Waals surface area contributed by atoms with Crippen LogP contribution in [0, 0.1) is 17.8 Å². The van der Waals surface area contributed by atoms with Crippen molar-refractivity contribution in [3.8, 4) is 5.75 Å². The van der Waals surface area contributed by atoms with Crippen molar-refractivity contribution in [3.05, 3.63) is 46.2 Å². The Labute approximate surface area is 218 Å². The van der Waals surface area contributed by atoms with Gasteiger partial charge in [-0.3, -0.25) is 24.1 Å². The molecule has 0 saturated heterocycles. The van der Waals surface area contributed by atoms with Gasteiger partial charge in [-0.05, 0) is 44.5 Å². The quantitative estimate of drug-likeness (QED) is 0.278. The van der Waals surface area contributed by atoms with E-state index in [1.807, 2.05) is 0 Å². The second-order valence-corrected chi connectivity index (χ2v) is 10.8. The molecule has 38 heavy (non-hydrogen) atoms. The summed E-state index contributed by atoms with van der Waals surface area (Å²) in [5.74, 6) is -9.83. The second-order valence-electron chi connectivity index (χ2n) is 10.8. The number of phenols is 1. The summed E-state index contributed by atoms with van der Waals surface area (Å²) in [6.45, 7) is 1.72. The lowest BCUT2D eigenvalue weighted by molar-refractivity contribution is -0.189. The van der Waals surface area contributed by atoms with Crippen molar-refractivity contribution in [2.24, 2.45) is 23.5 Å². The Kier molecular flexibility index (Phi) is 5.92. The molecule has 0 bridgehead atoms. The van der Waals surface area contributed by atoms with Crippen molar-refractivity contribution in [1.29, 1.82) is 0 Å². The first-order chi connectivity index (χ1) is 17.8. The zero-order valence-corrected chi connectivity index (χ0v) is 21.2. The Bertz CT molecular complexity index is 1340. The molecule has 1 aromatic rings. The summed E-state index contributed by atoms with van der Waals surface area (Å²) in [6, 6.07) is 3.16. The molecule has 1 amide bonds. The third-order valence-corrected chi connectivity index (χ3v) is 8.66. The molecule has 4 aliphatic carbocycles. The zero-order chi connectivity index (χ0) is 27.8. The van der Waals surface area contributed by atoms with Crippen molar-refractivity contribution >= 4 is 29.2 Å². The molecule has 0 aromatic heterocycles. The molecule has 0 heterocycles. The number of aromatic hydroxyl groups is 1. The van der Waals surface area contributed by atoms with E-state index in [2.05, 4.69) is 0 Å². The van der Waals surface area contributed by atoms with Crippen LogP contribution in [0.4, 0.5) is 0 Å². The second kappa shape index (κ2) is 8.67. The average Bonchev–Trinajstić information content (AvgIpc) is 2.79. The van der Waals surface area contributed by atoms with E-state index in [1.165, 1.54) is 25.1 Å². The number of aliphatic hydroxyl groups excluding tert-OH is 2. The fraction of sp³-hybridized carbons (Fsp3) is 0.481. The number of hydrogen-bond acceptors (Lipinski definition) is 10. The lowest BCUT2D eigenvalue weighted by Gasteiger charge is -2.54. The Balaban J connectivity index is 1.82. The highest BCUT2D eigenvalue weighted by Gasteiger charge is 2.69. The van der Waals surface area contributed by atoms with E-state index in [4.69, 9.17) is 10.5 Å². The fourth-order valence-electron chi connectivity index (χ4n) is 6.56. The van der Waals surface area contributed by atoms with Crippen LogP contribution in [0.5, 0.6) is 5.75 Å². The topological polar surface area (TPSA) is 188 Å². The standard InChI is InChI=1S/C27H30N2O9/c1-10-12-8-5-9-13(30)15(12)20(31)16-14(10)22(38-26(36)11-6-4-7-11)18-19(29(2)3)21(32)17(25(28)35)24(34)27(18,37)23(16)33/h5,8-11,14,18-19,22,30-31,34,37H,4,6-7H2,1-3H3,(H2,28,35). The van der Waals surface area contributed by atoms with E-state index in [1.54, 1.807) is 19.1 Å². The van der Waals surface area contributed by atoms with Crippen LogP contribution >= 0.6 is 0 Å². The number of ketones is 2. The summed E-state index contributed by atoms with van der Waals surface area (Å²) in [5.41, 5.74) is 1.58. The van der Waals surface area contributed by atoms with Crippen molar-refractivity contribution in [2.75, 3.05) is 14.1 Å². The number of hydrogen-bond donors (Lipinski definition) is 5. The van der Waals surface area contributed by atoms with Crippen LogP contribution < -0.4 is 5.73 Å². The van der Waals surface area contributed by atoms with Crippen LogP contribution in [0.15, 0.2) is 35.1 Å². The predicted molar refractivity (Wildman–Crippen MR) is 132 cm³/mol. The normalized spacial score (nSPS) is 32.9. The highest BCUT2D eigenvalue weighted by Crippen LogP contribution is 2.57. The highest BCUT2D eigenvalue weighted by molar-refractivity contribution is 6.24. The highest BCUT2D eigenvalue weighted by atomic mass is 16.5. The first-order valence-corrected chi connectivity index (χ1v) is 12.5. The van der Waals surface area contributed by atoms with Crippen LogP contribution in [0.2, 0.25) is 0 Å². The first kappa shape index (κ1) is 25.9. The van der Waals surface area contributed by atoms with Crippen molar-refractivity contribution in [2.45, 2.75) is 49.9 Å². The molecule has 2 fully saturated rings. The summed E-state index contributed by atoms with van der Waals surface area (Å²) in [6.07, 6.45) is 0.648. The molecule has 202 valence electrons. The van der Waals surface area contributed by atoms with Crippen molar-refractivity contribution < 1.29 is 44.3 Å². The van der Waals surface area contributed by atoms with E-state index in [9.17, 15) is 39.6 Å². The zero-order valence-electron chi connectivity index (χ0n) is 21.2. The van der Waals surface area contributed by atoms with E-state index in [0.29, 0.717) is 18.4 Å². The molecule has 2 saturated carbocycles. The molecule has 6 unspecified atom stereocenters. The van der Waals surface area contributed by atoms with Gasteiger partial charge in [0.05, 0.1) is 23.4 Å². The predicted octanol–water partition coefficient (Wildman–Crippen LogP) is 0.847. The van der Waals surface area contributed by atoms with Gasteiger partial charge in [-0.25, -0.2) is 0 Å². The smallest absolute Gasteiger partial charge is 0.309 e. The third-order valence-electron chi connectivity index (χ3n) is 8.66. The molecular formula is C27H30N2O9. The number of primary amides is 1. The van der Waals surface area contributed by atoms with Crippen LogP contribution in [0.25, 0.3) is 5.76 Å². The molecule has 0 aliphatic heterocycles. The SMILES string of the molecule is CC1c2cccc(O)c2C(O)=C2C(=O)C3(O)C(O)=C(C(N)=O)C(=O)C(N(C)C)C3C(OC(=O)C3CCC3)C21. The number of carbonyl (C=O) groups excluding carboxylic acids is 4. The maximum absolute atomic E-state index is 14.1. The van der Waals surface area contributed by atoms with Gasteiger partial charge in [0.2, 0.25) is 5.78 Å². The number of aliphatic hydroxyl groups is 3. The number of phenolic OH excluding ortho intramolecular Hbond substituents is 1. The molecule has 0 radical (unpaired) electrons. The number of ether oxygens (including phenoxy) is 1. The van der Waals surface area contributed by atoms with Crippen molar-refractivity contribution in [3.63, 3.8) is 0 Å². The van der Waals surface area contributed by atoms with Crippen LogP contribution in [-0.2, 0) is 23.9 Å². The van der Waals surface area contributed by atoms with Gasteiger partial charge in [0.1, 0.15) is 28.9 Å². The van der Waals surface area contributed by atoms with Gasteiger partial charge in [0, 0.05) is 11.5 Å². The molecule has 11 nitrogen and oxygen atoms in total. The summed E-state index contributed by atoms with van der Waals surface area (Å²) < 4.78 is 6.00. The Hall–Kier alpha value is -3.70. The van der Waals surface area contributed by atoms with Gasteiger partial charge >= 0.3 is 5.97 Å². The molecule has 5 rings (SSSR count). The fourth-order valence-corrected chi connectivity index (χ4v) is 6.56. The van der Waals surface area contributed by atoms with Crippen LogP contribution in [-0.4, -0.2) is 80.6 Å². The van der Waals surface area contributed by atoms with E-state index in [-0.39, 0.29) is 16.9 Å². The largest absolute Gasteiger partial charge is 0.508 e. The minimum Gasteiger partial charge on any atom is -0.508 e. The number of nitrogens with two attached hydrogens (primary N) is 1. The number of amides is 1. The number of likely N-dealkylation sites (N-methyl/N-ethyl adjacent to an activating group) is 1. The minimum absolute atomic E-state index is 0.0274. The summed E-state index contributed by atoms with van der Waals surface area (Å²) in [7, 11) is 2.97. The van der Waals surface area contributed by atoms with Crippen LogP contribution in [0.1, 0.15) is 43.2 Å². The lowest BCUT2D eigenvalue weighted by Crippen LogP contribution is -2.71. The third kappa shape index (κ3) is 3.27. The summed E-state index contributed by atoms with van der Waals surface area (Å²) in [5, 5.41) is 45.0. The number of fused-ring (bicyclic) bond motifs is 3. The number of Topliss-reactive ketones (excluding diaryl/α,β-unsaturated/α-hetero) is 2. The van der Waals surface area contributed by atoms with Gasteiger partial charge in [0.25, 0.3) is 5.91 Å². The Morgan fingerprint density at radius 1 is 1.13 bits per heavy atom. The van der Waals surface area contributed by atoms with E-state index < -0.39 is 82.0 Å². The molecular weight excluding hydrogens is 496 g/mol. The average molecular weight is 527 g/mol. The monoisotopic (exact) mass is 526 g/mol. The molecule has 6 atom stereocenters. The number of benzene rings is 1. The number of rotatable bonds is 4. The van der Waals surface area contributed by atoms with E-state index in [0.717, 1.165) is 6.42 Å². The summed E-state index contributed by atoms with van der Waals surface area (Å²) in [4.78, 5) is 54.4. The first-order valence-electron chi connectivity index (χ1n) is 12.5. The van der Waals surface area contributed by atoms with Gasteiger partial charge in [-0.1, -0.05) is 25.5 Å². The van der Waals surface area contributed by atoms with Crippen molar-refractivity contribution in [1.82, 2.24) is 4.90 Å². The maximum atomic E-state index is 14.1. The van der Waals surface area contributed by atoms with E-state index >= 15 is 0 Å². The molecule has 6 N–H and O–H groups in total. The maximum Gasteiger partial charge on any atom is 0.309 e. The minimum atomic E-state index is -2.93. The van der Waals surface area contributed by atoms with Gasteiger partial charge < -0.3 is 30.9 Å². The van der Waals surface area contributed by atoms with Crippen LogP contribution in [0.3, 0.4) is 0 Å². The van der Waals surface area contributed by atoms with Gasteiger partial charge in [-0.2, -0.15) is 0 Å². The number of esters is 1. The lowest BCUT2D eigenvalue weighted by atomic mass is 9.54.